The van der Waals surface area contributed by atoms with Crippen LogP contribution in [-0.2, 0) is 9.53 Å². The van der Waals surface area contributed by atoms with Crippen molar-refractivity contribution in [1.29, 1.82) is 0 Å². The van der Waals surface area contributed by atoms with Crippen LogP contribution in [0.2, 0.25) is 0 Å². The maximum absolute atomic E-state index is 13.2. The number of benzene rings is 2. The Hall–Kier alpha value is -2.82. The number of carboxylic acid groups (broad SMARTS) is 1. The molecule has 5 rings (SSSR count). The lowest BCUT2D eigenvalue weighted by Crippen LogP contribution is -2.44. The van der Waals surface area contributed by atoms with Crippen LogP contribution in [-0.4, -0.2) is 41.8 Å². The third-order valence-corrected chi connectivity index (χ3v) is 8.03. The number of hydrogen-bond donors (Lipinski definition) is 1. The van der Waals surface area contributed by atoms with Gasteiger partial charge >= 0.3 is 12.1 Å². The third kappa shape index (κ3) is 3.81. The molecule has 1 saturated heterocycles. The van der Waals surface area contributed by atoms with E-state index in [0.717, 1.165) is 19.3 Å². The minimum absolute atomic E-state index is 0.00169. The van der Waals surface area contributed by atoms with Crippen LogP contribution in [0.1, 0.15) is 57.1 Å². The van der Waals surface area contributed by atoms with Crippen molar-refractivity contribution in [2.45, 2.75) is 46.0 Å². The van der Waals surface area contributed by atoms with Gasteiger partial charge in [0.25, 0.3) is 0 Å². The molecule has 1 saturated carbocycles. The van der Waals surface area contributed by atoms with Crippen molar-refractivity contribution in [3.05, 3.63) is 59.7 Å². The topological polar surface area (TPSA) is 66.8 Å². The molecule has 5 nitrogen and oxygen atoms in total. The molecule has 1 amide bonds. The van der Waals surface area contributed by atoms with Crippen LogP contribution in [0.4, 0.5) is 4.79 Å². The highest BCUT2D eigenvalue weighted by Gasteiger charge is 2.56. The van der Waals surface area contributed by atoms with Gasteiger partial charge in [-0.05, 0) is 52.8 Å². The van der Waals surface area contributed by atoms with Crippen LogP contribution in [0.25, 0.3) is 11.1 Å². The van der Waals surface area contributed by atoms with Crippen molar-refractivity contribution >= 4 is 12.1 Å². The van der Waals surface area contributed by atoms with Gasteiger partial charge in [-0.25, -0.2) is 4.79 Å². The minimum atomic E-state index is -0.797. The van der Waals surface area contributed by atoms with E-state index in [0.29, 0.717) is 12.5 Å². The lowest BCUT2D eigenvalue weighted by atomic mass is 9.57. The summed E-state index contributed by atoms with van der Waals surface area (Å²) < 4.78 is 5.86. The zero-order valence-corrected chi connectivity index (χ0v) is 19.7. The highest BCUT2D eigenvalue weighted by molar-refractivity contribution is 5.79. The SMILES string of the molecule is CC1CC(C)(C)CC2(C1)CN(C(=O)OCC1c3ccccc3-c3ccccc31)CC2C(=O)O. The van der Waals surface area contributed by atoms with Crippen molar-refractivity contribution in [2.24, 2.45) is 22.7 Å². The van der Waals surface area contributed by atoms with Gasteiger partial charge in [-0.2, -0.15) is 0 Å². The molecular formula is C28H33NO4. The smallest absolute Gasteiger partial charge is 0.409 e. The number of nitrogens with zero attached hydrogens (tertiary/aromatic N) is 1. The van der Waals surface area contributed by atoms with E-state index in [-0.39, 0.29) is 29.9 Å². The molecule has 2 fully saturated rings. The molecule has 0 aromatic heterocycles. The van der Waals surface area contributed by atoms with Crippen LogP contribution in [0.15, 0.2) is 48.5 Å². The van der Waals surface area contributed by atoms with Gasteiger partial charge in [0.15, 0.2) is 0 Å². The molecule has 174 valence electrons. The molecule has 33 heavy (non-hydrogen) atoms. The van der Waals surface area contributed by atoms with Gasteiger partial charge in [0.2, 0.25) is 0 Å². The fourth-order valence-corrected chi connectivity index (χ4v) is 7.33. The second-order valence-corrected chi connectivity index (χ2v) is 11.3. The summed E-state index contributed by atoms with van der Waals surface area (Å²) >= 11 is 0. The average Bonchev–Trinajstić information content (AvgIpc) is 3.26. The molecule has 3 unspecified atom stereocenters. The Morgan fingerprint density at radius 2 is 1.64 bits per heavy atom. The standard InChI is InChI=1S/C28H33NO4/c1-18-12-27(2,3)16-28(13-18)17-29(14-24(28)25(30)31)26(32)33-15-23-21-10-6-4-8-19(21)20-9-5-7-11-22(20)23/h4-11,18,23-24H,12-17H2,1-3H3,(H,30,31). The second kappa shape index (κ2) is 7.89. The van der Waals surface area contributed by atoms with Gasteiger partial charge in [0.05, 0.1) is 5.92 Å². The number of carbonyl (C=O) groups excluding carboxylic acids is 1. The maximum atomic E-state index is 13.2. The van der Waals surface area contributed by atoms with Gasteiger partial charge in [-0.15, -0.1) is 0 Å². The number of aliphatic carboxylic acids is 1. The van der Waals surface area contributed by atoms with Crippen molar-refractivity contribution < 1.29 is 19.4 Å². The Balaban J connectivity index is 1.34. The van der Waals surface area contributed by atoms with Gasteiger partial charge in [0, 0.05) is 24.4 Å². The Morgan fingerprint density at radius 1 is 1.03 bits per heavy atom. The van der Waals surface area contributed by atoms with Gasteiger partial charge in [-0.3, -0.25) is 4.79 Å². The second-order valence-electron chi connectivity index (χ2n) is 11.3. The molecule has 1 spiro atoms. The fraction of sp³-hybridized carbons (Fsp3) is 0.500. The van der Waals surface area contributed by atoms with E-state index in [1.54, 1.807) is 4.90 Å². The first kappa shape index (κ1) is 22.0. The van der Waals surface area contributed by atoms with E-state index in [9.17, 15) is 14.7 Å². The van der Waals surface area contributed by atoms with E-state index in [1.807, 2.05) is 24.3 Å². The first-order valence-electron chi connectivity index (χ1n) is 12.0. The van der Waals surface area contributed by atoms with Gasteiger partial charge in [0.1, 0.15) is 6.61 Å². The number of carbonyl (C=O) groups is 2. The normalized spacial score (nSPS) is 27.9. The van der Waals surface area contributed by atoms with Crippen molar-refractivity contribution in [2.75, 3.05) is 19.7 Å². The molecule has 0 bridgehead atoms. The monoisotopic (exact) mass is 447 g/mol. The molecule has 2 aromatic rings. The van der Waals surface area contributed by atoms with Gasteiger partial charge < -0.3 is 14.7 Å². The van der Waals surface area contributed by atoms with Crippen molar-refractivity contribution in [3.63, 3.8) is 0 Å². The Bertz CT molecular complexity index is 1050. The third-order valence-electron chi connectivity index (χ3n) is 8.03. The minimum Gasteiger partial charge on any atom is -0.481 e. The first-order chi connectivity index (χ1) is 15.7. The maximum Gasteiger partial charge on any atom is 0.409 e. The summed E-state index contributed by atoms with van der Waals surface area (Å²) in [6.45, 7) is 7.61. The lowest BCUT2D eigenvalue weighted by molar-refractivity contribution is -0.147. The summed E-state index contributed by atoms with van der Waals surface area (Å²) in [5.74, 6) is -0.895. The van der Waals surface area contributed by atoms with Crippen LogP contribution in [0, 0.1) is 22.7 Å². The number of amides is 1. The van der Waals surface area contributed by atoms with E-state index in [4.69, 9.17) is 4.74 Å². The van der Waals surface area contributed by atoms with Crippen molar-refractivity contribution in [3.8, 4) is 11.1 Å². The summed E-state index contributed by atoms with van der Waals surface area (Å²) in [5, 5.41) is 10.0. The van der Waals surface area contributed by atoms with E-state index < -0.39 is 18.0 Å². The summed E-state index contributed by atoms with van der Waals surface area (Å²) in [6.07, 6.45) is 2.37. The molecule has 1 heterocycles. The highest BCUT2D eigenvalue weighted by atomic mass is 16.6. The quantitative estimate of drug-likeness (QED) is 0.647. The van der Waals surface area contributed by atoms with Crippen molar-refractivity contribution in [1.82, 2.24) is 4.90 Å². The molecule has 2 aromatic carbocycles. The van der Waals surface area contributed by atoms with E-state index in [2.05, 4.69) is 45.0 Å². The van der Waals surface area contributed by atoms with Crippen LogP contribution in [0.3, 0.4) is 0 Å². The predicted molar refractivity (Wildman–Crippen MR) is 127 cm³/mol. The zero-order chi connectivity index (χ0) is 23.4. The molecule has 1 aliphatic heterocycles. The Morgan fingerprint density at radius 3 is 2.21 bits per heavy atom. The molecule has 5 heteroatoms. The van der Waals surface area contributed by atoms with Gasteiger partial charge in [-0.1, -0.05) is 69.3 Å². The largest absolute Gasteiger partial charge is 0.481 e. The summed E-state index contributed by atoms with van der Waals surface area (Å²) in [6, 6.07) is 16.5. The molecule has 1 N–H and O–H groups in total. The molecule has 3 atom stereocenters. The molecular weight excluding hydrogens is 414 g/mol. The summed E-state index contributed by atoms with van der Waals surface area (Å²) in [4.78, 5) is 27.0. The van der Waals surface area contributed by atoms with E-state index in [1.165, 1.54) is 22.3 Å². The first-order valence-corrected chi connectivity index (χ1v) is 12.0. The Kier molecular flexibility index (Phi) is 5.26. The number of ether oxygens (including phenoxy) is 1. The van der Waals surface area contributed by atoms with Crippen LogP contribution >= 0.6 is 0 Å². The number of rotatable bonds is 3. The number of likely N-dealkylation sites (tertiary alicyclic amines) is 1. The Labute approximate surface area is 195 Å². The highest BCUT2D eigenvalue weighted by Crippen LogP contribution is 2.55. The zero-order valence-electron chi connectivity index (χ0n) is 19.7. The average molecular weight is 448 g/mol. The predicted octanol–water partition coefficient (Wildman–Crippen LogP) is 5.78. The van der Waals surface area contributed by atoms with Crippen LogP contribution in [0.5, 0.6) is 0 Å². The molecule has 2 aliphatic carbocycles. The number of fused-ring (bicyclic) bond motifs is 3. The molecule has 3 aliphatic rings. The number of hydrogen-bond acceptors (Lipinski definition) is 3. The summed E-state index contributed by atoms with van der Waals surface area (Å²) in [5.41, 5.74) is 4.44. The fourth-order valence-electron chi connectivity index (χ4n) is 7.33. The van der Waals surface area contributed by atoms with Crippen LogP contribution < -0.4 is 0 Å². The lowest BCUT2D eigenvalue weighted by Gasteiger charge is -2.47. The van der Waals surface area contributed by atoms with E-state index >= 15 is 0 Å². The summed E-state index contributed by atoms with van der Waals surface area (Å²) in [7, 11) is 0. The number of carboxylic acids is 1. The molecule has 0 radical (unpaired) electrons.